The minimum Gasteiger partial charge on any atom is -0.390 e. The van der Waals surface area contributed by atoms with Gasteiger partial charge in [-0.15, -0.1) is 0 Å². The second-order valence-corrected chi connectivity index (χ2v) is 11.6. The first-order chi connectivity index (χ1) is 12.5. The molecule has 4 saturated carbocycles. The Morgan fingerprint density at radius 2 is 1.67 bits per heavy atom. The molecule has 27 heavy (non-hydrogen) atoms. The van der Waals surface area contributed by atoms with Crippen LogP contribution < -0.4 is 0 Å². The van der Waals surface area contributed by atoms with Gasteiger partial charge in [0.25, 0.3) is 0 Å². The summed E-state index contributed by atoms with van der Waals surface area (Å²) in [6, 6.07) is 0. The van der Waals surface area contributed by atoms with Crippen molar-refractivity contribution in [2.45, 2.75) is 97.7 Å². The number of aliphatic hydroxyl groups is 1. The van der Waals surface area contributed by atoms with E-state index in [1.54, 1.807) is 6.92 Å². The predicted molar refractivity (Wildman–Crippen MR) is 107 cm³/mol. The van der Waals surface area contributed by atoms with Crippen LogP contribution in [-0.2, 0) is 9.53 Å². The molecule has 0 aromatic rings. The van der Waals surface area contributed by atoms with Crippen LogP contribution in [0.25, 0.3) is 0 Å². The summed E-state index contributed by atoms with van der Waals surface area (Å²) >= 11 is 0. The molecule has 0 saturated heterocycles. The normalized spacial score (nSPS) is 57.5. The highest BCUT2D eigenvalue weighted by Crippen LogP contribution is 2.73. The van der Waals surface area contributed by atoms with E-state index >= 15 is 0 Å². The summed E-state index contributed by atoms with van der Waals surface area (Å²) in [4.78, 5) is 12.5. The van der Waals surface area contributed by atoms with Gasteiger partial charge < -0.3 is 9.84 Å². The molecule has 4 aliphatic carbocycles. The molecular weight excluding hydrogens is 336 g/mol. The Balaban J connectivity index is 1.74. The summed E-state index contributed by atoms with van der Waals surface area (Å²) in [5.41, 5.74) is 0.0775. The van der Waals surface area contributed by atoms with Gasteiger partial charge in [-0.25, -0.2) is 0 Å². The SMILES string of the molecule is CO[C@@H]1C[C@@H]2[C@@]3(C)CC[C@@](C)(O)C[C@@H]3CC[C@@]2(C)[C@@H]2CC[C@H](C(C)=O)[C@@]12C. The predicted octanol–water partition coefficient (Wildman–Crippen LogP) is 5.00. The van der Waals surface area contributed by atoms with E-state index in [-0.39, 0.29) is 17.4 Å². The second-order valence-electron chi connectivity index (χ2n) is 11.6. The van der Waals surface area contributed by atoms with Crippen molar-refractivity contribution in [1.29, 1.82) is 0 Å². The number of fused-ring (bicyclic) bond motifs is 5. The largest absolute Gasteiger partial charge is 0.390 e. The highest BCUT2D eigenvalue weighted by molar-refractivity contribution is 5.79. The Kier molecular flexibility index (Phi) is 4.45. The van der Waals surface area contributed by atoms with E-state index in [2.05, 4.69) is 20.8 Å². The van der Waals surface area contributed by atoms with Crippen molar-refractivity contribution in [3.05, 3.63) is 0 Å². The molecule has 0 bridgehead atoms. The van der Waals surface area contributed by atoms with Crippen molar-refractivity contribution in [3.63, 3.8) is 0 Å². The van der Waals surface area contributed by atoms with E-state index in [0.717, 1.165) is 32.1 Å². The van der Waals surface area contributed by atoms with Gasteiger partial charge in [-0.1, -0.05) is 20.8 Å². The monoisotopic (exact) mass is 376 g/mol. The molecule has 3 nitrogen and oxygen atoms in total. The molecule has 154 valence electrons. The zero-order chi connectivity index (χ0) is 19.8. The molecule has 4 fully saturated rings. The molecule has 0 aromatic heterocycles. The number of hydrogen-bond donors (Lipinski definition) is 1. The zero-order valence-corrected chi connectivity index (χ0v) is 18.3. The Morgan fingerprint density at radius 3 is 2.30 bits per heavy atom. The standard InChI is InChI=1S/C24H40O3/c1-15(25)17-7-8-18-23(4)10-9-16-14-21(2,26)11-12-22(16,3)19(23)13-20(27-6)24(17,18)5/h16-20,26H,7-14H2,1-6H3/t16-,17+,18-,19+,20+,21+,22-,23-,24+/m0/s1. The fraction of sp³-hybridized carbons (Fsp3) is 0.958. The van der Waals surface area contributed by atoms with Crippen LogP contribution in [0.4, 0.5) is 0 Å². The van der Waals surface area contributed by atoms with Gasteiger partial charge in [0.15, 0.2) is 0 Å². The Morgan fingerprint density at radius 1 is 0.963 bits per heavy atom. The molecule has 0 unspecified atom stereocenters. The molecular formula is C24H40O3. The number of ether oxygens (including phenoxy) is 1. The van der Waals surface area contributed by atoms with Crippen LogP contribution in [0.1, 0.15) is 86.0 Å². The molecule has 3 heteroatoms. The zero-order valence-electron chi connectivity index (χ0n) is 18.3. The van der Waals surface area contributed by atoms with Crippen molar-refractivity contribution in [3.8, 4) is 0 Å². The fourth-order valence-corrected chi connectivity index (χ4v) is 9.01. The van der Waals surface area contributed by atoms with Gasteiger partial charge in [-0.05, 0) is 93.8 Å². The van der Waals surface area contributed by atoms with Gasteiger partial charge >= 0.3 is 0 Å². The number of hydrogen-bond acceptors (Lipinski definition) is 3. The van der Waals surface area contributed by atoms with Crippen LogP contribution in [0.5, 0.6) is 0 Å². The van der Waals surface area contributed by atoms with E-state index in [1.165, 1.54) is 19.3 Å². The highest BCUT2D eigenvalue weighted by Gasteiger charge is 2.69. The molecule has 0 amide bonds. The van der Waals surface area contributed by atoms with Crippen LogP contribution in [-0.4, -0.2) is 29.7 Å². The topological polar surface area (TPSA) is 46.5 Å². The number of ketones is 1. The summed E-state index contributed by atoms with van der Waals surface area (Å²) in [5.74, 6) is 2.34. The quantitative estimate of drug-likeness (QED) is 0.738. The lowest BCUT2D eigenvalue weighted by molar-refractivity contribution is -0.222. The number of rotatable bonds is 2. The molecule has 0 heterocycles. The minimum atomic E-state index is -0.491. The van der Waals surface area contributed by atoms with Gasteiger partial charge in [0, 0.05) is 18.4 Å². The van der Waals surface area contributed by atoms with Gasteiger partial charge in [0.1, 0.15) is 5.78 Å². The summed E-state index contributed by atoms with van der Waals surface area (Å²) < 4.78 is 6.15. The molecule has 0 radical (unpaired) electrons. The van der Waals surface area contributed by atoms with Gasteiger partial charge in [0.05, 0.1) is 11.7 Å². The van der Waals surface area contributed by atoms with Gasteiger partial charge in [-0.3, -0.25) is 4.79 Å². The first kappa shape index (κ1) is 19.9. The van der Waals surface area contributed by atoms with Gasteiger partial charge in [-0.2, -0.15) is 0 Å². The van der Waals surface area contributed by atoms with Crippen molar-refractivity contribution in [1.82, 2.24) is 0 Å². The van der Waals surface area contributed by atoms with Crippen LogP contribution in [0.3, 0.4) is 0 Å². The molecule has 1 N–H and O–H groups in total. The van der Waals surface area contributed by atoms with Gasteiger partial charge in [0.2, 0.25) is 0 Å². The third kappa shape index (κ3) is 2.56. The first-order valence-corrected chi connectivity index (χ1v) is 11.2. The molecule has 4 aliphatic rings. The Labute approximate surface area is 165 Å². The Bertz CT molecular complexity index is 627. The number of Topliss-reactive ketones (excluding diaryl/α,β-unsaturated/α-hetero) is 1. The second kappa shape index (κ2) is 6.05. The lowest BCUT2D eigenvalue weighted by Crippen LogP contribution is -2.64. The highest BCUT2D eigenvalue weighted by atomic mass is 16.5. The van der Waals surface area contributed by atoms with Crippen molar-refractivity contribution >= 4 is 5.78 Å². The maximum absolute atomic E-state index is 12.5. The van der Waals surface area contributed by atoms with Crippen molar-refractivity contribution in [2.24, 2.45) is 39.9 Å². The van der Waals surface area contributed by atoms with E-state index in [0.29, 0.717) is 34.4 Å². The summed E-state index contributed by atoms with van der Waals surface area (Å²) in [7, 11) is 1.86. The maximum atomic E-state index is 12.5. The summed E-state index contributed by atoms with van der Waals surface area (Å²) in [5, 5.41) is 10.7. The van der Waals surface area contributed by atoms with E-state index < -0.39 is 5.60 Å². The average molecular weight is 377 g/mol. The van der Waals surface area contributed by atoms with E-state index in [1.807, 2.05) is 14.0 Å². The summed E-state index contributed by atoms with van der Waals surface area (Å²) in [6.07, 6.45) is 8.94. The van der Waals surface area contributed by atoms with Crippen molar-refractivity contribution in [2.75, 3.05) is 7.11 Å². The number of carbonyl (C=O) groups is 1. The number of methoxy groups -OCH3 is 1. The van der Waals surface area contributed by atoms with Crippen LogP contribution in [0.15, 0.2) is 0 Å². The van der Waals surface area contributed by atoms with Crippen LogP contribution in [0, 0.1) is 39.9 Å². The van der Waals surface area contributed by atoms with Crippen molar-refractivity contribution < 1.29 is 14.6 Å². The molecule has 0 spiro atoms. The van der Waals surface area contributed by atoms with Crippen LogP contribution in [0.2, 0.25) is 0 Å². The third-order valence-corrected chi connectivity index (χ3v) is 10.4. The molecule has 4 rings (SSSR count). The smallest absolute Gasteiger partial charge is 0.133 e. The van der Waals surface area contributed by atoms with E-state index in [9.17, 15) is 9.90 Å². The number of carbonyl (C=O) groups excluding carboxylic acids is 1. The van der Waals surface area contributed by atoms with Crippen LogP contribution >= 0.6 is 0 Å². The fourth-order valence-electron chi connectivity index (χ4n) is 9.01. The average Bonchev–Trinajstić information content (AvgIpc) is 2.95. The van der Waals surface area contributed by atoms with E-state index in [4.69, 9.17) is 4.74 Å². The Hall–Kier alpha value is -0.410. The maximum Gasteiger partial charge on any atom is 0.133 e. The molecule has 0 aliphatic heterocycles. The lowest BCUT2D eigenvalue weighted by atomic mass is 9.38. The third-order valence-electron chi connectivity index (χ3n) is 10.4. The minimum absolute atomic E-state index is 0.0187. The lowest BCUT2D eigenvalue weighted by Gasteiger charge is -2.67. The molecule has 9 atom stereocenters. The first-order valence-electron chi connectivity index (χ1n) is 11.2. The molecule has 0 aromatic carbocycles. The summed E-state index contributed by atoms with van der Waals surface area (Å²) in [6.45, 7) is 11.3.